The van der Waals surface area contributed by atoms with Crippen LogP contribution < -0.4 is 5.56 Å². The van der Waals surface area contributed by atoms with Crippen molar-refractivity contribution in [2.24, 2.45) is 7.05 Å². The van der Waals surface area contributed by atoms with Crippen LogP contribution in [0.3, 0.4) is 0 Å². The molecule has 112 valence electrons. The minimum absolute atomic E-state index is 0.0607. The molecule has 6 heteroatoms. The van der Waals surface area contributed by atoms with Crippen molar-refractivity contribution >= 4 is 39.8 Å². The van der Waals surface area contributed by atoms with Crippen LogP contribution in [0.15, 0.2) is 46.3 Å². The first kappa shape index (κ1) is 15.0. The summed E-state index contributed by atoms with van der Waals surface area (Å²) in [6, 6.07) is 11.0. The molecule has 0 amide bonds. The van der Waals surface area contributed by atoms with E-state index >= 15 is 0 Å². The molecule has 3 rings (SSSR count). The van der Waals surface area contributed by atoms with Gasteiger partial charge in [-0.05, 0) is 31.2 Å². The topological polar surface area (TPSA) is 52.0 Å². The fraction of sp³-hybridized carbons (Fsp3) is 0.188. The van der Waals surface area contributed by atoms with Crippen molar-refractivity contribution < 1.29 is 4.79 Å². The molecule has 0 aliphatic carbocycles. The molecule has 0 atom stereocenters. The minimum atomic E-state index is -0.0903. The molecule has 2 heterocycles. The molecule has 0 aliphatic heterocycles. The van der Waals surface area contributed by atoms with Crippen LogP contribution in [0.2, 0.25) is 0 Å². The van der Waals surface area contributed by atoms with Crippen molar-refractivity contribution in [2.75, 3.05) is 5.75 Å². The number of hydrogen-bond acceptors (Lipinski definition) is 5. The number of ketones is 1. The van der Waals surface area contributed by atoms with E-state index in [1.54, 1.807) is 13.1 Å². The molecule has 1 aromatic carbocycles. The quantitative estimate of drug-likeness (QED) is 0.418. The predicted molar refractivity (Wildman–Crippen MR) is 91.1 cm³/mol. The lowest BCUT2D eigenvalue weighted by Crippen LogP contribution is -2.20. The van der Waals surface area contributed by atoms with Gasteiger partial charge in [-0.1, -0.05) is 23.9 Å². The molecule has 0 aliphatic rings. The first-order chi connectivity index (χ1) is 10.6. The van der Waals surface area contributed by atoms with Crippen molar-refractivity contribution in [3.05, 3.63) is 56.5 Å². The van der Waals surface area contributed by atoms with Crippen LogP contribution in [0, 0.1) is 6.92 Å². The van der Waals surface area contributed by atoms with Crippen LogP contribution in [-0.2, 0) is 7.05 Å². The van der Waals surface area contributed by atoms with Gasteiger partial charge in [-0.25, -0.2) is 4.98 Å². The Kier molecular flexibility index (Phi) is 4.13. The average molecular weight is 330 g/mol. The van der Waals surface area contributed by atoms with Crippen LogP contribution in [0.25, 0.3) is 10.9 Å². The number of thioether (sulfide) groups is 1. The highest BCUT2D eigenvalue weighted by Crippen LogP contribution is 2.21. The molecule has 0 saturated carbocycles. The van der Waals surface area contributed by atoms with Gasteiger partial charge >= 0.3 is 0 Å². The lowest BCUT2D eigenvalue weighted by Gasteiger charge is -2.07. The Labute approximate surface area is 135 Å². The third-order valence-corrected chi connectivity index (χ3v) is 5.36. The van der Waals surface area contributed by atoms with E-state index in [4.69, 9.17) is 0 Å². The van der Waals surface area contributed by atoms with E-state index in [-0.39, 0.29) is 17.1 Å². The second kappa shape index (κ2) is 6.06. The molecule has 0 N–H and O–H groups in total. The van der Waals surface area contributed by atoms with Gasteiger partial charge in [0.25, 0.3) is 5.56 Å². The summed E-state index contributed by atoms with van der Waals surface area (Å²) < 4.78 is 1.50. The normalized spacial score (nSPS) is 11.0. The van der Waals surface area contributed by atoms with E-state index in [0.717, 1.165) is 9.75 Å². The Morgan fingerprint density at radius 2 is 2.05 bits per heavy atom. The van der Waals surface area contributed by atoms with Crippen molar-refractivity contribution in [1.29, 1.82) is 0 Å². The van der Waals surface area contributed by atoms with Gasteiger partial charge in [0.2, 0.25) is 0 Å². The maximum Gasteiger partial charge on any atom is 0.261 e. The number of para-hydroxylation sites is 1. The lowest BCUT2D eigenvalue weighted by atomic mass is 10.2. The van der Waals surface area contributed by atoms with E-state index in [1.165, 1.54) is 27.7 Å². The third-order valence-electron chi connectivity index (χ3n) is 3.29. The summed E-state index contributed by atoms with van der Waals surface area (Å²) in [5, 5.41) is 1.15. The summed E-state index contributed by atoms with van der Waals surface area (Å²) in [6.07, 6.45) is 0. The Hall–Kier alpha value is -1.92. The zero-order chi connectivity index (χ0) is 15.7. The highest BCUT2D eigenvalue weighted by Gasteiger charge is 2.13. The number of Topliss-reactive ketones (excluding diaryl/α,β-unsaturated/α-hetero) is 1. The highest BCUT2D eigenvalue weighted by molar-refractivity contribution is 7.99. The molecule has 22 heavy (non-hydrogen) atoms. The van der Waals surface area contributed by atoms with Crippen LogP contribution in [0.4, 0.5) is 0 Å². The fourth-order valence-electron chi connectivity index (χ4n) is 2.11. The summed E-state index contributed by atoms with van der Waals surface area (Å²) in [5.41, 5.74) is 0.569. The largest absolute Gasteiger partial charge is 0.292 e. The standard InChI is InChI=1S/C16H14N2O2S2/c1-10-7-8-14(22-10)13(19)9-21-16-17-12-6-4-3-5-11(12)15(20)18(16)2/h3-8H,9H2,1-2H3. The Balaban J connectivity index is 1.86. The van der Waals surface area contributed by atoms with Gasteiger partial charge in [0.05, 0.1) is 21.5 Å². The summed E-state index contributed by atoms with van der Waals surface area (Å²) in [7, 11) is 1.68. The Morgan fingerprint density at radius 1 is 1.27 bits per heavy atom. The maximum atomic E-state index is 12.3. The van der Waals surface area contributed by atoms with Gasteiger partial charge in [-0.3, -0.25) is 14.2 Å². The second-order valence-electron chi connectivity index (χ2n) is 4.90. The lowest BCUT2D eigenvalue weighted by molar-refractivity contribution is 0.102. The van der Waals surface area contributed by atoms with Crippen molar-refractivity contribution in [2.45, 2.75) is 12.1 Å². The van der Waals surface area contributed by atoms with E-state index in [0.29, 0.717) is 16.1 Å². The molecule has 0 spiro atoms. The van der Waals surface area contributed by atoms with Gasteiger partial charge in [0.1, 0.15) is 0 Å². The SMILES string of the molecule is Cc1ccc(C(=O)CSc2nc3ccccc3c(=O)n2C)s1. The molecule has 0 fully saturated rings. The van der Waals surface area contributed by atoms with Crippen LogP contribution >= 0.6 is 23.1 Å². The molecule has 0 bridgehead atoms. The summed E-state index contributed by atoms with van der Waals surface area (Å²) in [4.78, 5) is 30.8. The number of benzene rings is 1. The Bertz CT molecular complexity index is 912. The van der Waals surface area contributed by atoms with Gasteiger partial charge in [0, 0.05) is 11.9 Å². The number of carbonyl (C=O) groups excluding carboxylic acids is 1. The van der Waals surface area contributed by atoms with E-state index < -0.39 is 0 Å². The second-order valence-corrected chi connectivity index (χ2v) is 7.13. The number of rotatable bonds is 4. The molecule has 2 aromatic heterocycles. The van der Waals surface area contributed by atoms with Crippen LogP contribution in [-0.4, -0.2) is 21.1 Å². The van der Waals surface area contributed by atoms with Gasteiger partial charge < -0.3 is 0 Å². The number of fused-ring (bicyclic) bond motifs is 1. The number of aromatic nitrogens is 2. The van der Waals surface area contributed by atoms with Crippen LogP contribution in [0.5, 0.6) is 0 Å². The molecule has 3 aromatic rings. The molecule has 0 unspecified atom stereocenters. The zero-order valence-corrected chi connectivity index (χ0v) is 13.8. The monoisotopic (exact) mass is 330 g/mol. The molecule has 4 nitrogen and oxygen atoms in total. The van der Waals surface area contributed by atoms with Crippen molar-refractivity contribution in [3.8, 4) is 0 Å². The summed E-state index contributed by atoms with van der Waals surface area (Å²) in [6.45, 7) is 1.98. The molecule has 0 saturated heterocycles. The van der Waals surface area contributed by atoms with E-state index in [2.05, 4.69) is 4.98 Å². The summed E-state index contributed by atoms with van der Waals surface area (Å²) >= 11 is 2.79. The fourth-order valence-corrected chi connectivity index (χ4v) is 3.86. The van der Waals surface area contributed by atoms with Gasteiger partial charge in [0.15, 0.2) is 10.9 Å². The number of hydrogen-bond donors (Lipinski definition) is 0. The number of aryl methyl sites for hydroxylation is 1. The first-order valence-corrected chi connectivity index (χ1v) is 8.54. The van der Waals surface area contributed by atoms with Gasteiger partial charge in [-0.15, -0.1) is 11.3 Å². The number of nitrogens with zero attached hydrogens (tertiary/aromatic N) is 2. The number of thiophene rings is 1. The van der Waals surface area contributed by atoms with Crippen LogP contribution in [0.1, 0.15) is 14.5 Å². The number of carbonyl (C=O) groups is 1. The molecular weight excluding hydrogens is 316 g/mol. The maximum absolute atomic E-state index is 12.3. The highest BCUT2D eigenvalue weighted by atomic mass is 32.2. The summed E-state index contributed by atoms with van der Waals surface area (Å²) in [5.74, 6) is 0.337. The zero-order valence-electron chi connectivity index (χ0n) is 12.2. The smallest absolute Gasteiger partial charge is 0.261 e. The third kappa shape index (κ3) is 2.84. The van der Waals surface area contributed by atoms with Crippen molar-refractivity contribution in [3.63, 3.8) is 0 Å². The van der Waals surface area contributed by atoms with E-state index in [9.17, 15) is 9.59 Å². The first-order valence-electron chi connectivity index (χ1n) is 6.74. The Morgan fingerprint density at radius 3 is 2.77 bits per heavy atom. The molecule has 0 radical (unpaired) electrons. The van der Waals surface area contributed by atoms with Crippen molar-refractivity contribution in [1.82, 2.24) is 9.55 Å². The average Bonchev–Trinajstić information content (AvgIpc) is 2.96. The predicted octanol–water partition coefficient (Wildman–Crippen LogP) is 3.28. The molecular formula is C16H14N2O2S2. The van der Waals surface area contributed by atoms with E-state index in [1.807, 2.05) is 37.3 Å². The van der Waals surface area contributed by atoms with Gasteiger partial charge in [-0.2, -0.15) is 0 Å². The minimum Gasteiger partial charge on any atom is -0.292 e.